The molecule has 28 heavy (non-hydrogen) atoms. The fraction of sp³-hybridized carbons (Fsp3) is 0.0909. The van der Waals surface area contributed by atoms with Gasteiger partial charge in [0.05, 0.1) is 0 Å². The van der Waals surface area contributed by atoms with E-state index in [0.29, 0.717) is 22.6 Å². The van der Waals surface area contributed by atoms with Gasteiger partial charge in [-0.2, -0.15) is 0 Å². The zero-order chi connectivity index (χ0) is 19.8. The number of carbonyl (C=O) groups excluding carboxylic acids is 2. The Hall–Kier alpha value is -3.67. The van der Waals surface area contributed by atoms with E-state index in [0.717, 1.165) is 0 Å². The standard InChI is InChI=1S/C22H19FN2O3/c23-20-9-5-4-6-17(20)14-24-22(27)16-10-12-18(13-11-16)25-21(26)15-28-19-7-2-1-3-8-19/h1-13H,14-15H2,(H,24,27)(H,25,26). The molecular weight excluding hydrogens is 359 g/mol. The van der Waals surface area contributed by atoms with E-state index in [1.807, 2.05) is 18.2 Å². The largest absolute Gasteiger partial charge is 0.484 e. The average Bonchev–Trinajstić information content (AvgIpc) is 2.73. The Bertz CT molecular complexity index is 944. The minimum absolute atomic E-state index is 0.0980. The van der Waals surface area contributed by atoms with Crippen LogP contribution in [0.2, 0.25) is 0 Å². The molecule has 3 rings (SSSR count). The van der Waals surface area contributed by atoms with E-state index in [4.69, 9.17) is 4.74 Å². The molecule has 0 aliphatic heterocycles. The number of hydrogen-bond donors (Lipinski definition) is 2. The molecule has 0 spiro atoms. The van der Waals surface area contributed by atoms with Gasteiger partial charge in [0.25, 0.3) is 11.8 Å². The normalized spacial score (nSPS) is 10.2. The lowest BCUT2D eigenvalue weighted by atomic mass is 10.1. The maximum Gasteiger partial charge on any atom is 0.262 e. The van der Waals surface area contributed by atoms with Crippen LogP contribution in [0.4, 0.5) is 10.1 Å². The molecule has 0 saturated heterocycles. The summed E-state index contributed by atoms with van der Waals surface area (Å²) in [5.41, 5.74) is 1.38. The van der Waals surface area contributed by atoms with Crippen molar-refractivity contribution in [2.75, 3.05) is 11.9 Å². The van der Waals surface area contributed by atoms with Gasteiger partial charge in [-0.15, -0.1) is 0 Å². The third kappa shape index (κ3) is 5.41. The summed E-state index contributed by atoms with van der Waals surface area (Å²) in [7, 11) is 0. The SMILES string of the molecule is O=C(COc1ccccc1)Nc1ccc(C(=O)NCc2ccccc2F)cc1. The molecule has 3 aromatic carbocycles. The molecule has 0 aromatic heterocycles. The second-order valence-corrected chi connectivity index (χ2v) is 6.00. The monoisotopic (exact) mass is 378 g/mol. The third-order valence-corrected chi connectivity index (χ3v) is 3.94. The first-order valence-corrected chi connectivity index (χ1v) is 8.71. The molecule has 0 radical (unpaired) electrons. The molecule has 0 saturated carbocycles. The van der Waals surface area contributed by atoms with Crippen molar-refractivity contribution in [3.05, 3.63) is 95.8 Å². The number of benzene rings is 3. The van der Waals surface area contributed by atoms with Crippen molar-refractivity contribution in [1.29, 1.82) is 0 Å². The lowest BCUT2D eigenvalue weighted by Crippen LogP contribution is -2.23. The van der Waals surface area contributed by atoms with Gasteiger partial charge in [0.1, 0.15) is 11.6 Å². The second kappa shape index (κ2) is 9.32. The van der Waals surface area contributed by atoms with Crippen LogP contribution in [0.5, 0.6) is 5.75 Å². The summed E-state index contributed by atoms with van der Waals surface area (Å²) in [5, 5.41) is 5.37. The van der Waals surface area contributed by atoms with Crippen LogP contribution in [0.3, 0.4) is 0 Å². The molecule has 0 unspecified atom stereocenters. The molecule has 0 heterocycles. The van der Waals surface area contributed by atoms with Crippen molar-refractivity contribution in [2.24, 2.45) is 0 Å². The highest BCUT2D eigenvalue weighted by atomic mass is 19.1. The Morgan fingerprint density at radius 1 is 0.857 bits per heavy atom. The van der Waals surface area contributed by atoms with Gasteiger partial charge in [-0.05, 0) is 42.5 Å². The van der Waals surface area contributed by atoms with Crippen LogP contribution in [0.25, 0.3) is 0 Å². The van der Waals surface area contributed by atoms with Gasteiger partial charge in [0, 0.05) is 23.4 Å². The fourth-order valence-electron chi connectivity index (χ4n) is 2.49. The van der Waals surface area contributed by atoms with Crippen molar-refractivity contribution in [3.8, 4) is 5.75 Å². The topological polar surface area (TPSA) is 67.4 Å². The number of ether oxygens (including phenoxy) is 1. The minimum atomic E-state index is -0.362. The summed E-state index contributed by atoms with van der Waals surface area (Å²) >= 11 is 0. The van der Waals surface area contributed by atoms with Gasteiger partial charge < -0.3 is 15.4 Å². The molecule has 0 atom stereocenters. The predicted octanol–water partition coefficient (Wildman–Crippen LogP) is 3.77. The molecule has 2 N–H and O–H groups in total. The first-order valence-electron chi connectivity index (χ1n) is 8.71. The maximum atomic E-state index is 13.6. The lowest BCUT2D eigenvalue weighted by Gasteiger charge is -2.09. The van der Waals surface area contributed by atoms with Crippen molar-refractivity contribution in [3.63, 3.8) is 0 Å². The van der Waals surface area contributed by atoms with Crippen LogP contribution < -0.4 is 15.4 Å². The molecule has 0 aliphatic rings. The summed E-state index contributed by atoms with van der Waals surface area (Å²) in [6.07, 6.45) is 0. The van der Waals surface area contributed by atoms with Crippen molar-refractivity contribution in [2.45, 2.75) is 6.54 Å². The second-order valence-electron chi connectivity index (χ2n) is 6.00. The van der Waals surface area contributed by atoms with Crippen LogP contribution in [0.1, 0.15) is 15.9 Å². The highest BCUT2D eigenvalue weighted by Gasteiger charge is 2.08. The average molecular weight is 378 g/mol. The van der Waals surface area contributed by atoms with Gasteiger partial charge in [0.2, 0.25) is 0 Å². The van der Waals surface area contributed by atoms with E-state index in [9.17, 15) is 14.0 Å². The number of carbonyl (C=O) groups is 2. The zero-order valence-electron chi connectivity index (χ0n) is 15.0. The molecule has 2 amide bonds. The molecule has 3 aromatic rings. The van der Waals surface area contributed by atoms with Crippen LogP contribution in [-0.4, -0.2) is 18.4 Å². The number of rotatable bonds is 7. The minimum Gasteiger partial charge on any atom is -0.484 e. The van der Waals surface area contributed by atoms with E-state index < -0.39 is 0 Å². The van der Waals surface area contributed by atoms with E-state index >= 15 is 0 Å². The smallest absolute Gasteiger partial charge is 0.262 e. The summed E-state index contributed by atoms with van der Waals surface area (Å²) in [6.45, 7) is -0.0181. The van der Waals surface area contributed by atoms with Gasteiger partial charge in [0.15, 0.2) is 6.61 Å². The Morgan fingerprint density at radius 3 is 2.25 bits per heavy atom. The number of hydrogen-bond acceptors (Lipinski definition) is 3. The van der Waals surface area contributed by atoms with Gasteiger partial charge in [-0.1, -0.05) is 36.4 Å². The number of nitrogens with one attached hydrogen (secondary N) is 2. The third-order valence-electron chi connectivity index (χ3n) is 3.94. The van der Waals surface area contributed by atoms with Gasteiger partial charge in [-0.25, -0.2) is 4.39 Å². The van der Waals surface area contributed by atoms with Crippen molar-refractivity contribution < 1.29 is 18.7 Å². The van der Waals surface area contributed by atoms with Crippen LogP contribution in [0.15, 0.2) is 78.9 Å². The first kappa shape index (κ1) is 19.1. The van der Waals surface area contributed by atoms with Crippen LogP contribution in [-0.2, 0) is 11.3 Å². The van der Waals surface area contributed by atoms with Crippen molar-refractivity contribution >= 4 is 17.5 Å². The van der Waals surface area contributed by atoms with E-state index in [1.165, 1.54) is 6.07 Å². The van der Waals surface area contributed by atoms with Crippen LogP contribution >= 0.6 is 0 Å². The number of halogens is 1. The molecule has 0 fully saturated rings. The number of amides is 2. The molecule has 0 bridgehead atoms. The maximum absolute atomic E-state index is 13.6. The summed E-state index contributed by atoms with van der Waals surface area (Å²) in [4.78, 5) is 24.1. The fourth-order valence-corrected chi connectivity index (χ4v) is 2.49. The lowest BCUT2D eigenvalue weighted by molar-refractivity contribution is -0.118. The summed E-state index contributed by atoms with van der Waals surface area (Å²) < 4.78 is 19.0. The van der Waals surface area contributed by atoms with E-state index in [2.05, 4.69) is 10.6 Å². The Balaban J connectivity index is 1.49. The molecular formula is C22H19FN2O3. The molecule has 6 heteroatoms. The first-order chi connectivity index (χ1) is 13.6. The number of anilines is 1. The summed E-state index contributed by atoms with van der Waals surface area (Å²) in [6, 6.07) is 21.7. The van der Waals surface area contributed by atoms with E-state index in [-0.39, 0.29) is 30.8 Å². The molecule has 0 aliphatic carbocycles. The zero-order valence-corrected chi connectivity index (χ0v) is 15.0. The van der Waals surface area contributed by atoms with Gasteiger partial charge >= 0.3 is 0 Å². The highest BCUT2D eigenvalue weighted by Crippen LogP contribution is 2.12. The highest BCUT2D eigenvalue weighted by molar-refractivity contribution is 5.96. The van der Waals surface area contributed by atoms with Crippen molar-refractivity contribution in [1.82, 2.24) is 5.32 Å². The Morgan fingerprint density at radius 2 is 1.54 bits per heavy atom. The summed E-state index contributed by atoms with van der Waals surface area (Å²) in [5.74, 6) is -0.382. The van der Waals surface area contributed by atoms with Crippen LogP contribution in [0, 0.1) is 5.82 Å². The molecule has 5 nitrogen and oxygen atoms in total. The Labute approximate surface area is 162 Å². The number of para-hydroxylation sites is 1. The quantitative estimate of drug-likeness (QED) is 0.658. The molecule has 142 valence electrons. The van der Waals surface area contributed by atoms with E-state index in [1.54, 1.807) is 54.6 Å². The Kier molecular flexibility index (Phi) is 6.36. The van der Waals surface area contributed by atoms with Gasteiger partial charge in [-0.3, -0.25) is 9.59 Å². The predicted molar refractivity (Wildman–Crippen MR) is 105 cm³/mol.